The number of nitrogens with zero attached hydrogens (tertiary/aromatic N) is 1. The van der Waals surface area contributed by atoms with Crippen LogP contribution in [0.25, 0.3) is 0 Å². The Morgan fingerprint density at radius 3 is 2.76 bits per heavy atom. The highest BCUT2D eigenvalue weighted by atomic mass is 32.1. The first-order valence-corrected chi connectivity index (χ1v) is 7.95. The van der Waals surface area contributed by atoms with Gasteiger partial charge in [0.2, 0.25) is 0 Å². The molecule has 2 aromatic heterocycles. The van der Waals surface area contributed by atoms with E-state index in [-0.39, 0.29) is 12.1 Å². The quantitative estimate of drug-likeness (QED) is 0.745. The molecule has 0 aliphatic carbocycles. The fourth-order valence-corrected chi connectivity index (χ4v) is 2.85. The molecule has 2 heterocycles. The molecule has 3 aromatic rings. The highest BCUT2D eigenvalue weighted by Crippen LogP contribution is 2.15. The van der Waals surface area contributed by atoms with Gasteiger partial charge < -0.3 is 10.3 Å². The van der Waals surface area contributed by atoms with Crippen molar-refractivity contribution in [3.05, 3.63) is 84.8 Å². The van der Waals surface area contributed by atoms with Gasteiger partial charge in [0.25, 0.3) is 11.5 Å². The minimum absolute atomic E-state index is 0.00127. The number of nitrogens with one attached hydrogen (secondary N) is 2. The molecule has 0 fully saturated rings. The maximum absolute atomic E-state index is 13.6. The van der Waals surface area contributed by atoms with E-state index in [0.29, 0.717) is 0 Å². The van der Waals surface area contributed by atoms with Gasteiger partial charge in [-0.1, -0.05) is 6.07 Å². The summed E-state index contributed by atoms with van der Waals surface area (Å²) < 4.78 is 27.7. The van der Waals surface area contributed by atoms with Gasteiger partial charge in [0, 0.05) is 17.1 Å². The molecule has 3 rings (SSSR count). The van der Waals surface area contributed by atoms with Gasteiger partial charge in [-0.3, -0.25) is 14.2 Å². The second-order valence-electron chi connectivity index (χ2n) is 5.06. The lowest BCUT2D eigenvalue weighted by molar-refractivity contribution is 0.102. The Kier molecular flexibility index (Phi) is 4.57. The molecule has 0 atom stereocenters. The molecule has 1 aromatic carbocycles. The van der Waals surface area contributed by atoms with E-state index in [9.17, 15) is 23.2 Å². The van der Waals surface area contributed by atoms with Crippen LogP contribution in [0.15, 0.2) is 51.5 Å². The normalized spacial score (nSPS) is 10.6. The van der Waals surface area contributed by atoms with Crippen molar-refractivity contribution >= 4 is 22.9 Å². The van der Waals surface area contributed by atoms with E-state index >= 15 is 0 Å². The molecule has 6 nitrogen and oxygen atoms in total. The first kappa shape index (κ1) is 16.8. The zero-order valence-corrected chi connectivity index (χ0v) is 13.4. The maximum Gasteiger partial charge on any atom is 0.328 e. The number of anilines is 1. The van der Waals surface area contributed by atoms with Crippen LogP contribution in [0.2, 0.25) is 0 Å². The molecule has 128 valence electrons. The van der Waals surface area contributed by atoms with Crippen LogP contribution in [0.3, 0.4) is 0 Å². The lowest BCUT2D eigenvalue weighted by Gasteiger charge is -2.08. The van der Waals surface area contributed by atoms with Crippen molar-refractivity contribution in [3.8, 4) is 0 Å². The predicted molar refractivity (Wildman–Crippen MR) is 89.1 cm³/mol. The summed E-state index contributed by atoms with van der Waals surface area (Å²) in [6.45, 7) is 0.00127. The number of carbonyl (C=O) groups excluding carboxylic acids is 1. The number of rotatable bonds is 4. The Labute approximate surface area is 143 Å². The average molecular weight is 363 g/mol. The molecule has 0 bridgehead atoms. The highest BCUT2D eigenvalue weighted by molar-refractivity contribution is 7.09. The number of benzene rings is 1. The van der Waals surface area contributed by atoms with Crippen molar-refractivity contribution in [3.63, 3.8) is 0 Å². The van der Waals surface area contributed by atoms with Crippen LogP contribution in [0.5, 0.6) is 0 Å². The van der Waals surface area contributed by atoms with Gasteiger partial charge in [0.05, 0.1) is 12.2 Å². The maximum atomic E-state index is 13.6. The summed E-state index contributed by atoms with van der Waals surface area (Å²) >= 11 is 1.35. The summed E-state index contributed by atoms with van der Waals surface area (Å²) in [4.78, 5) is 39.6. The zero-order chi connectivity index (χ0) is 18.0. The molecular weight excluding hydrogens is 352 g/mol. The molecular formula is C16H11F2N3O3S. The van der Waals surface area contributed by atoms with E-state index in [1.807, 2.05) is 0 Å². The minimum atomic E-state index is -0.953. The van der Waals surface area contributed by atoms with Crippen LogP contribution in [0.4, 0.5) is 14.5 Å². The van der Waals surface area contributed by atoms with Gasteiger partial charge in [0.15, 0.2) is 0 Å². The Morgan fingerprint density at radius 1 is 1.24 bits per heavy atom. The Hall–Kier alpha value is -3.07. The third-order valence-electron chi connectivity index (χ3n) is 3.38. The van der Waals surface area contributed by atoms with E-state index in [4.69, 9.17) is 0 Å². The molecule has 0 unspecified atom stereocenters. The molecule has 0 aliphatic heterocycles. The van der Waals surface area contributed by atoms with Gasteiger partial charge >= 0.3 is 5.69 Å². The molecule has 0 aliphatic rings. The summed E-state index contributed by atoms with van der Waals surface area (Å²) in [5, 5.41) is 3.92. The number of amides is 1. The number of aromatic nitrogens is 2. The van der Waals surface area contributed by atoms with Crippen LogP contribution in [0, 0.1) is 11.6 Å². The number of carbonyl (C=O) groups is 1. The van der Waals surface area contributed by atoms with Crippen molar-refractivity contribution in [2.75, 3.05) is 5.32 Å². The third kappa shape index (κ3) is 3.56. The van der Waals surface area contributed by atoms with Gasteiger partial charge in [0.1, 0.15) is 17.2 Å². The average Bonchev–Trinajstić information content (AvgIpc) is 3.08. The van der Waals surface area contributed by atoms with Crippen LogP contribution >= 0.6 is 11.3 Å². The third-order valence-corrected chi connectivity index (χ3v) is 4.24. The largest absolute Gasteiger partial charge is 0.328 e. The van der Waals surface area contributed by atoms with E-state index in [1.54, 1.807) is 17.5 Å². The predicted octanol–water partition coefficient (Wildman–Crippen LogP) is 2.18. The summed E-state index contributed by atoms with van der Waals surface area (Å²) in [7, 11) is 0. The van der Waals surface area contributed by atoms with Crippen molar-refractivity contribution in [2.45, 2.75) is 6.54 Å². The molecule has 0 saturated heterocycles. The van der Waals surface area contributed by atoms with E-state index in [2.05, 4.69) is 10.3 Å². The number of thiophene rings is 1. The SMILES string of the molecule is O=C(Nc1cc(F)ccc1F)c1c[nH]c(=O)n(Cc2cccs2)c1=O. The number of H-pyrrole nitrogens is 1. The van der Waals surface area contributed by atoms with Crippen LogP contribution in [0.1, 0.15) is 15.2 Å². The molecule has 0 radical (unpaired) electrons. The van der Waals surface area contributed by atoms with Crippen LogP contribution < -0.4 is 16.6 Å². The van der Waals surface area contributed by atoms with Crippen molar-refractivity contribution in [1.82, 2.24) is 9.55 Å². The fraction of sp³-hybridized carbons (Fsp3) is 0.0625. The first-order valence-electron chi connectivity index (χ1n) is 7.07. The Balaban J connectivity index is 1.94. The lowest BCUT2D eigenvalue weighted by Crippen LogP contribution is -2.39. The molecule has 0 saturated carbocycles. The standard InChI is InChI=1S/C16H11F2N3O3S/c17-9-3-4-12(18)13(6-9)20-14(22)11-7-19-16(24)21(15(11)23)8-10-2-1-5-25-10/h1-7H,8H2,(H,19,24)(H,20,22). The molecule has 1 amide bonds. The summed E-state index contributed by atoms with van der Waals surface area (Å²) in [6, 6.07) is 6.06. The minimum Gasteiger partial charge on any atom is -0.319 e. The number of aromatic amines is 1. The first-order chi connectivity index (χ1) is 12.0. The smallest absolute Gasteiger partial charge is 0.319 e. The Bertz CT molecular complexity index is 1040. The summed E-state index contributed by atoms with van der Waals surface area (Å²) in [6.07, 6.45) is 0.947. The second kappa shape index (κ2) is 6.81. The summed E-state index contributed by atoms with van der Waals surface area (Å²) in [5.41, 5.74) is -2.29. The van der Waals surface area contributed by atoms with Gasteiger partial charge in [-0.15, -0.1) is 11.3 Å². The van der Waals surface area contributed by atoms with Crippen molar-refractivity contribution in [2.24, 2.45) is 0 Å². The monoisotopic (exact) mass is 363 g/mol. The summed E-state index contributed by atoms with van der Waals surface area (Å²) in [5.74, 6) is -2.54. The number of hydrogen-bond donors (Lipinski definition) is 2. The van der Waals surface area contributed by atoms with Crippen molar-refractivity contribution < 1.29 is 13.6 Å². The molecule has 25 heavy (non-hydrogen) atoms. The van der Waals surface area contributed by atoms with Crippen LogP contribution in [-0.2, 0) is 6.54 Å². The number of halogens is 2. The zero-order valence-electron chi connectivity index (χ0n) is 12.6. The highest BCUT2D eigenvalue weighted by Gasteiger charge is 2.17. The molecule has 2 N–H and O–H groups in total. The fourth-order valence-electron chi connectivity index (χ4n) is 2.16. The van der Waals surface area contributed by atoms with E-state index in [0.717, 1.165) is 33.8 Å². The topological polar surface area (TPSA) is 84.0 Å². The lowest BCUT2D eigenvalue weighted by atomic mass is 10.2. The second-order valence-corrected chi connectivity index (χ2v) is 6.09. The molecule has 9 heteroatoms. The Morgan fingerprint density at radius 2 is 2.04 bits per heavy atom. The van der Waals surface area contributed by atoms with Crippen LogP contribution in [-0.4, -0.2) is 15.5 Å². The van der Waals surface area contributed by atoms with Gasteiger partial charge in [-0.05, 0) is 23.6 Å². The number of hydrogen-bond acceptors (Lipinski definition) is 4. The van der Waals surface area contributed by atoms with E-state index < -0.39 is 34.5 Å². The van der Waals surface area contributed by atoms with E-state index in [1.165, 1.54) is 11.3 Å². The van der Waals surface area contributed by atoms with Gasteiger partial charge in [-0.25, -0.2) is 13.6 Å². The molecule has 0 spiro atoms. The van der Waals surface area contributed by atoms with Crippen molar-refractivity contribution in [1.29, 1.82) is 0 Å². The van der Waals surface area contributed by atoms with Gasteiger partial charge in [-0.2, -0.15) is 0 Å².